The highest BCUT2D eigenvalue weighted by molar-refractivity contribution is 9.18. The number of oxime groups is 1. The molecule has 0 radical (unpaired) electrons. The number of imidazole rings is 1. The Hall–Kier alpha value is -2.81. The number of hydrogen-bond donors (Lipinski definition) is 1. The summed E-state index contributed by atoms with van der Waals surface area (Å²) in [5.74, 6) is 0. The molecule has 0 saturated carbocycles. The molecule has 0 saturated heterocycles. The van der Waals surface area contributed by atoms with Crippen molar-refractivity contribution >= 4 is 26.2 Å². The van der Waals surface area contributed by atoms with Gasteiger partial charge in [0.2, 0.25) is 0 Å². The van der Waals surface area contributed by atoms with Crippen molar-refractivity contribution in [2.24, 2.45) is 12.2 Å². The molecule has 156 valence electrons. The Morgan fingerprint density at radius 3 is 2.57 bits per heavy atom. The molecule has 0 bridgehead atoms. The standard InChI is InChI=1S/C21H18BrF3N4O/c1-29-11-18(27-12-29)16-8-14(19-9-20(22)28-30-19)4-7-17(16)26-10-13-2-5-15(6-3-13)21(23,24)25/h2-8,11-12,19,26H,9-10H2,1H3. The molecular formula is C21H18BrF3N4O. The van der Waals surface area contributed by atoms with Crippen LogP contribution in [0, 0.1) is 0 Å². The van der Waals surface area contributed by atoms with Gasteiger partial charge in [0, 0.05) is 37.5 Å². The molecule has 9 heteroatoms. The second kappa shape index (κ2) is 8.14. The maximum Gasteiger partial charge on any atom is 0.416 e. The number of nitrogens with one attached hydrogen (secondary N) is 1. The minimum Gasteiger partial charge on any atom is -0.386 e. The van der Waals surface area contributed by atoms with Gasteiger partial charge in [0.1, 0.15) is 4.62 Å². The number of benzene rings is 2. The number of aromatic nitrogens is 2. The van der Waals surface area contributed by atoms with E-state index in [0.29, 0.717) is 13.0 Å². The van der Waals surface area contributed by atoms with Crippen LogP contribution in [-0.4, -0.2) is 14.2 Å². The Kier molecular flexibility index (Phi) is 5.55. The third-order valence-corrected chi connectivity index (χ3v) is 5.26. The maximum absolute atomic E-state index is 12.8. The van der Waals surface area contributed by atoms with E-state index in [0.717, 1.165) is 44.8 Å². The molecule has 0 amide bonds. The summed E-state index contributed by atoms with van der Waals surface area (Å²) in [6.45, 7) is 0.381. The molecule has 5 nitrogen and oxygen atoms in total. The summed E-state index contributed by atoms with van der Waals surface area (Å²) >= 11 is 3.35. The van der Waals surface area contributed by atoms with Crippen LogP contribution in [0.5, 0.6) is 0 Å². The van der Waals surface area contributed by atoms with Gasteiger partial charge < -0.3 is 14.7 Å². The van der Waals surface area contributed by atoms with Crippen molar-refractivity contribution in [1.29, 1.82) is 0 Å². The van der Waals surface area contributed by atoms with Crippen molar-refractivity contribution in [2.45, 2.75) is 25.2 Å². The van der Waals surface area contributed by atoms with E-state index < -0.39 is 11.7 Å². The normalized spacial score (nSPS) is 16.3. The molecule has 0 spiro atoms. The van der Waals surface area contributed by atoms with Crippen LogP contribution in [0.25, 0.3) is 11.3 Å². The molecule has 1 atom stereocenters. The summed E-state index contributed by atoms with van der Waals surface area (Å²) in [4.78, 5) is 9.90. The monoisotopic (exact) mass is 478 g/mol. The molecule has 1 aliphatic heterocycles. The van der Waals surface area contributed by atoms with Gasteiger partial charge in [-0.1, -0.05) is 23.4 Å². The first kappa shape index (κ1) is 20.5. The zero-order chi connectivity index (χ0) is 21.3. The van der Waals surface area contributed by atoms with Crippen LogP contribution >= 0.6 is 15.9 Å². The number of rotatable bonds is 5. The van der Waals surface area contributed by atoms with E-state index in [-0.39, 0.29) is 6.10 Å². The van der Waals surface area contributed by atoms with Crippen molar-refractivity contribution in [2.75, 3.05) is 5.32 Å². The van der Waals surface area contributed by atoms with Crippen molar-refractivity contribution in [3.8, 4) is 11.3 Å². The third-order valence-electron chi connectivity index (χ3n) is 4.79. The molecular weight excluding hydrogens is 461 g/mol. The minimum atomic E-state index is -4.34. The number of alkyl halides is 3. The highest BCUT2D eigenvalue weighted by atomic mass is 79.9. The fourth-order valence-electron chi connectivity index (χ4n) is 3.22. The lowest BCUT2D eigenvalue weighted by molar-refractivity contribution is -0.137. The fraction of sp³-hybridized carbons (Fsp3) is 0.238. The van der Waals surface area contributed by atoms with Crippen molar-refractivity contribution < 1.29 is 18.0 Å². The second-order valence-corrected chi connectivity index (χ2v) is 7.96. The molecule has 0 fully saturated rings. The number of anilines is 1. The van der Waals surface area contributed by atoms with E-state index >= 15 is 0 Å². The Bertz CT molecular complexity index is 1080. The van der Waals surface area contributed by atoms with E-state index in [1.165, 1.54) is 12.1 Å². The van der Waals surface area contributed by atoms with Gasteiger partial charge in [-0.15, -0.1) is 0 Å². The van der Waals surface area contributed by atoms with Gasteiger partial charge in [-0.2, -0.15) is 13.2 Å². The summed E-state index contributed by atoms with van der Waals surface area (Å²) < 4.78 is 40.9. The van der Waals surface area contributed by atoms with Gasteiger partial charge >= 0.3 is 6.18 Å². The van der Waals surface area contributed by atoms with Crippen molar-refractivity contribution in [1.82, 2.24) is 9.55 Å². The highest BCUT2D eigenvalue weighted by Crippen LogP contribution is 2.35. The first-order valence-corrected chi connectivity index (χ1v) is 9.99. The van der Waals surface area contributed by atoms with E-state index in [2.05, 4.69) is 31.4 Å². The summed E-state index contributed by atoms with van der Waals surface area (Å²) in [5, 5.41) is 7.25. The zero-order valence-corrected chi connectivity index (χ0v) is 17.5. The largest absolute Gasteiger partial charge is 0.416 e. The number of nitrogens with zero attached hydrogens (tertiary/aromatic N) is 3. The lowest BCUT2D eigenvalue weighted by Gasteiger charge is -2.15. The van der Waals surface area contributed by atoms with Gasteiger partial charge in [-0.3, -0.25) is 0 Å². The molecule has 1 unspecified atom stereocenters. The third kappa shape index (κ3) is 4.51. The van der Waals surface area contributed by atoms with Crippen LogP contribution in [0.4, 0.5) is 18.9 Å². The molecule has 0 aliphatic carbocycles. The topological polar surface area (TPSA) is 51.4 Å². The molecule has 1 aromatic heterocycles. The number of hydrogen-bond acceptors (Lipinski definition) is 4. The molecule has 4 rings (SSSR count). The molecule has 2 aromatic carbocycles. The summed E-state index contributed by atoms with van der Waals surface area (Å²) in [6, 6.07) is 11.0. The van der Waals surface area contributed by atoms with Crippen molar-refractivity contribution in [3.63, 3.8) is 0 Å². The highest BCUT2D eigenvalue weighted by Gasteiger charge is 2.30. The Balaban J connectivity index is 1.57. The van der Waals surface area contributed by atoms with Crippen LogP contribution in [0.2, 0.25) is 0 Å². The van der Waals surface area contributed by atoms with E-state index in [4.69, 9.17) is 4.84 Å². The predicted octanol–water partition coefficient (Wildman–Crippen LogP) is 5.89. The summed E-state index contributed by atoms with van der Waals surface area (Å²) in [7, 11) is 1.89. The molecule has 30 heavy (non-hydrogen) atoms. The van der Waals surface area contributed by atoms with Gasteiger partial charge in [-0.25, -0.2) is 4.98 Å². The SMILES string of the molecule is Cn1cnc(-c2cc(C3CC(Br)=NO3)ccc2NCc2ccc(C(F)(F)F)cc2)c1. The number of aryl methyl sites for hydroxylation is 1. The van der Waals surface area contributed by atoms with E-state index in [1.54, 1.807) is 6.33 Å². The van der Waals surface area contributed by atoms with Crippen LogP contribution < -0.4 is 5.32 Å². The molecule has 3 aromatic rings. The molecule has 2 heterocycles. The van der Waals surface area contributed by atoms with E-state index in [9.17, 15) is 13.2 Å². The minimum absolute atomic E-state index is 0.175. The molecule has 1 aliphatic rings. The average molecular weight is 479 g/mol. The zero-order valence-electron chi connectivity index (χ0n) is 15.9. The second-order valence-electron chi connectivity index (χ2n) is 7.04. The van der Waals surface area contributed by atoms with Gasteiger partial charge in [0.05, 0.1) is 17.6 Å². The maximum atomic E-state index is 12.8. The Labute approximate surface area is 179 Å². The van der Waals surface area contributed by atoms with Crippen LogP contribution in [-0.2, 0) is 24.6 Å². The first-order chi connectivity index (χ1) is 14.3. The fourth-order valence-corrected chi connectivity index (χ4v) is 3.59. The number of halogens is 4. The van der Waals surface area contributed by atoms with Gasteiger partial charge in [0.15, 0.2) is 6.10 Å². The molecule has 1 N–H and O–H groups in total. The summed E-state index contributed by atoms with van der Waals surface area (Å²) in [6.07, 6.45) is -0.238. The average Bonchev–Trinajstić information content (AvgIpc) is 3.34. The Morgan fingerprint density at radius 2 is 1.97 bits per heavy atom. The first-order valence-electron chi connectivity index (χ1n) is 9.20. The lowest BCUT2D eigenvalue weighted by atomic mass is 10.0. The lowest BCUT2D eigenvalue weighted by Crippen LogP contribution is -2.06. The quantitative estimate of drug-likeness (QED) is 0.497. The summed E-state index contributed by atoms with van der Waals surface area (Å²) in [5.41, 5.74) is 3.55. The van der Waals surface area contributed by atoms with Gasteiger partial charge in [-0.05, 0) is 51.3 Å². The van der Waals surface area contributed by atoms with Crippen LogP contribution in [0.1, 0.15) is 29.2 Å². The van der Waals surface area contributed by atoms with E-state index in [1.807, 2.05) is 36.0 Å². The van der Waals surface area contributed by atoms with Crippen LogP contribution in [0.3, 0.4) is 0 Å². The van der Waals surface area contributed by atoms with Crippen molar-refractivity contribution in [3.05, 3.63) is 71.7 Å². The smallest absolute Gasteiger partial charge is 0.386 e. The predicted molar refractivity (Wildman–Crippen MR) is 112 cm³/mol. The Morgan fingerprint density at radius 1 is 1.20 bits per heavy atom. The van der Waals surface area contributed by atoms with Crippen LogP contribution in [0.15, 0.2) is 60.1 Å². The van der Waals surface area contributed by atoms with Gasteiger partial charge in [0.25, 0.3) is 0 Å².